The van der Waals surface area contributed by atoms with Crippen LogP contribution in [0.5, 0.6) is 0 Å². The van der Waals surface area contributed by atoms with Gasteiger partial charge in [-0.25, -0.2) is 12.8 Å². The number of hydrogen-bond donors (Lipinski definition) is 1. The average molecular weight is 457 g/mol. The summed E-state index contributed by atoms with van der Waals surface area (Å²) in [5, 5.41) is 2.67. The molecule has 3 aromatic rings. The molecule has 0 unspecified atom stereocenters. The number of amides is 2. The fourth-order valence-corrected chi connectivity index (χ4v) is 4.90. The summed E-state index contributed by atoms with van der Waals surface area (Å²) < 4.78 is 45.3. The van der Waals surface area contributed by atoms with E-state index in [2.05, 4.69) is 5.32 Å². The number of piperazine rings is 1. The number of para-hydroxylation sites is 1. The van der Waals surface area contributed by atoms with Crippen molar-refractivity contribution in [1.29, 1.82) is 0 Å². The van der Waals surface area contributed by atoms with Gasteiger partial charge in [0.05, 0.1) is 22.4 Å². The number of furan rings is 1. The Morgan fingerprint density at radius 3 is 2.38 bits per heavy atom. The molecule has 2 heterocycles. The highest BCUT2D eigenvalue weighted by Crippen LogP contribution is 2.22. The molecule has 0 radical (unpaired) electrons. The highest BCUT2D eigenvalue weighted by Gasteiger charge is 2.31. The Labute approximate surface area is 184 Å². The van der Waals surface area contributed by atoms with E-state index in [4.69, 9.17) is 4.42 Å². The van der Waals surface area contributed by atoms with Crippen molar-refractivity contribution in [2.45, 2.75) is 4.90 Å². The van der Waals surface area contributed by atoms with Gasteiger partial charge in [-0.05, 0) is 42.5 Å². The molecular formula is C22H20FN3O5S. The fourth-order valence-electron chi connectivity index (χ4n) is 3.45. The third kappa shape index (κ3) is 4.41. The molecule has 8 nitrogen and oxygen atoms in total. The molecule has 1 aliphatic rings. The Morgan fingerprint density at radius 1 is 0.938 bits per heavy atom. The van der Waals surface area contributed by atoms with E-state index in [0.717, 1.165) is 6.07 Å². The van der Waals surface area contributed by atoms with Crippen LogP contribution in [0.3, 0.4) is 0 Å². The molecule has 1 aliphatic heterocycles. The number of hydrogen-bond acceptors (Lipinski definition) is 5. The molecule has 1 fully saturated rings. The number of anilines is 1. The van der Waals surface area contributed by atoms with Gasteiger partial charge in [0.2, 0.25) is 10.0 Å². The molecule has 4 rings (SSSR count). The van der Waals surface area contributed by atoms with Crippen LogP contribution in [0.25, 0.3) is 0 Å². The average Bonchev–Trinajstić information content (AvgIpc) is 3.34. The van der Waals surface area contributed by atoms with Crippen LogP contribution in [-0.4, -0.2) is 55.6 Å². The van der Waals surface area contributed by atoms with Gasteiger partial charge in [-0.2, -0.15) is 4.31 Å². The topological polar surface area (TPSA) is 99.9 Å². The zero-order valence-electron chi connectivity index (χ0n) is 16.9. The van der Waals surface area contributed by atoms with E-state index in [0.29, 0.717) is 5.69 Å². The molecule has 10 heteroatoms. The van der Waals surface area contributed by atoms with Crippen LogP contribution in [0.2, 0.25) is 0 Å². The number of carbonyl (C=O) groups excluding carboxylic acids is 2. The van der Waals surface area contributed by atoms with Crippen LogP contribution in [-0.2, 0) is 10.0 Å². The molecule has 0 bridgehead atoms. The van der Waals surface area contributed by atoms with Crippen molar-refractivity contribution >= 4 is 27.5 Å². The maximum atomic E-state index is 13.5. The lowest BCUT2D eigenvalue weighted by Crippen LogP contribution is -2.50. The summed E-state index contributed by atoms with van der Waals surface area (Å²) in [5.41, 5.74) is 0.613. The van der Waals surface area contributed by atoms with E-state index < -0.39 is 21.7 Å². The maximum absolute atomic E-state index is 13.5. The van der Waals surface area contributed by atoms with Gasteiger partial charge in [0.25, 0.3) is 11.8 Å². The molecule has 1 saturated heterocycles. The van der Waals surface area contributed by atoms with E-state index in [1.54, 1.807) is 30.3 Å². The zero-order valence-corrected chi connectivity index (χ0v) is 17.7. The van der Waals surface area contributed by atoms with Crippen LogP contribution in [0.1, 0.15) is 20.9 Å². The normalized spacial score (nSPS) is 14.8. The molecule has 2 amide bonds. The minimum Gasteiger partial charge on any atom is -0.459 e. The molecule has 32 heavy (non-hydrogen) atoms. The fraction of sp³-hybridized carbons (Fsp3) is 0.182. The SMILES string of the molecule is O=C(Nc1ccccc1C(=O)N1CCN(S(=O)(=O)c2cccc(F)c2)CC1)c1ccco1. The van der Waals surface area contributed by atoms with E-state index in [9.17, 15) is 22.4 Å². The van der Waals surface area contributed by atoms with Crippen molar-refractivity contribution in [3.63, 3.8) is 0 Å². The van der Waals surface area contributed by atoms with Crippen molar-refractivity contribution in [2.24, 2.45) is 0 Å². The molecular weight excluding hydrogens is 437 g/mol. The minimum atomic E-state index is -3.86. The lowest BCUT2D eigenvalue weighted by atomic mass is 10.1. The molecule has 0 saturated carbocycles. The highest BCUT2D eigenvalue weighted by atomic mass is 32.2. The number of rotatable bonds is 5. The van der Waals surface area contributed by atoms with Crippen LogP contribution >= 0.6 is 0 Å². The maximum Gasteiger partial charge on any atom is 0.291 e. The first kappa shape index (κ1) is 21.7. The minimum absolute atomic E-state index is 0.0749. The highest BCUT2D eigenvalue weighted by molar-refractivity contribution is 7.89. The van der Waals surface area contributed by atoms with Gasteiger partial charge < -0.3 is 14.6 Å². The summed E-state index contributed by atoms with van der Waals surface area (Å²) in [6.07, 6.45) is 1.38. The first-order valence-corrected chi connectivity index (χ1v) is 11.3. The van der Waals surface area contributed by atoms with Crippen molar-refractivity contribution in [3.05, 3.63) is 84.1 Å². The number of benzene rings is 2. The second-order valence-electron chi connectivity index (χ2n) is 7.13. The first-order valence-electron chi connectivity index (χ1n) is 9.85. The lowest BCUT2D eigenvalue weighted by Gasteiger charge is -2.34. The van der Waals surface area contributed by atoms with Crippen molar-refractivity contribution < 1.29 is 26.8 Å². The number of carbonyl (C=O) groups is 2. The summed E-state index contributed by atoms with van der Waals surface area (Å²) in [6, 6.07) is 14.5. The standard InChI is InChI=1S/C22H20FN3O5S/c23-16-5-3-6-17(15-16)32(29,30)26-12-10-25(11-13-26)22(28)18-7-1-2-8-19(18)24-21(27)20-9-4-14-31-20/h1-9,14-15H,10-13H2,(H,24,27). The quantitative estimate of drug-likeness (QED) is 0.635. The molecule has 1 aromatic heterocycles. The number of nitrogens with one attached hydrogen (secondary N) is 1. The Bertz CT molecular complexity index is 1240. The Hall–Kier alpha value is -3.50. The Kier molecular flexibility index (Phi) is 6.06. The van der Waals surface area contributed by atoms with Crippen LogP contribution in [0, 0.1) is 5.82 Å². The lowest BCUT2D eigenvalue weighted by molar-refractivity contribution is 0.0699. The second-order valence-corrected chi connectivity index (χ2v) is 9.07. The molecule has 0 aliphatic carbocycles. The third-order valence-electron chi connectivity index (χ3n) is 5.11. The number of sulfonamides is 1. The monoisotopic (exact) mass is 457 g/mol. The molecule has 1 N–H and O–H groups in total. The van der Waals surface area contributed by atoms with Crippen molar-refractivity contribution in [2.75, 3.05) is 31.5 Å². The van der Waals surface area contributed by atoms with Gasteiger partial charge in [0.1, 0.15) is 5.82 Å². The number of halogens is 1. The summed E-state index contributed by atoms with van der Waals surface area (Å²) in [4.78, 5) is 26.8. The summed E-state index contributed by atoms with van der Waals surface area (Å²) in [6.45, 7) is 0.471. The van der Waals surface area contributed by atoms with E-state index >= 15 is 0 Å². The Balaban J connectivity index is 1.46. The van der Waals surface area contributed by atoms with Crippen LogP contribution < -0.4 is 5.32 Å². The van der Waals surface area contributed by atoms with Gasteiger partial charge in [-0.15, -0.1) is 0 Å². The smallest absolute Gasteiger partial charge is 0.291 e. The summed E-state index contributed by atoms with van der Waals surface area (Å²) in [5.74, 6) is -1.33. The Morgan fingerprint density at radius 2 is 1.69 bits per heavy atom. The van der Waals surface area contributed by atoms with E-state index in [1.165, 1.54) is 39.7 Å². The van der Waals surface area contributed by atoms with Crippen LogP contribution in [0.4, 0.5) is 10.1 Å². The second kappa shape index (κ2) is 8.93. The van der Waals surface area contributed by atoms with E-state index in [1.807, 2.05) is 0 Å². The summed E-state index contributed by atoms with van der Waals surface area (Å²) >= 11 is 0. The summed E-state index contributed by atoms with van der Waals surface area (Å²) in [7, 11) is -3.86. The van der Waals surface area contributed by atoms with Gasteiger partial charge >= 0.3 is 0 Å². The van der Waals surface area contributed by atoms with Crippen molar-refractivity contribution in [1.82, 2.24) is 9.21 Å². The van der Waals surface area contributed by atoms with Gasteiger partial charge in [0, 0.05) is 26.2 Å². The van der Waals surface area contributed by atoms with Crippen molar-refractivity contribution in [3.8, 4) is 0 Å². The molecule has 0 atom stereocenters. The third-order valence-corrected chi connectivity index (χ3v) is 7.00. The zero-order chi connectivity index (χ0) is 22.7. The number of nitrogens with zero attached hydrogens (tertiary/aromatic N) is 2. The molecule has 2 aromatic carbocycles. The molecule has 0 spiro atoms. The van der Waals surface area contributed by atoms with Gasteiger partial charge in [-0.3, -0.25) is 9.59 Å². The van der Waals surface area contributed by atoms with Gasteiger partial charge in [-0.1, -0.05) is 18.2 Å². The predicted octanol–water partition coefficient (Wildman–Crippen LogP) is 2.82. The van der Waals surface area contributed by atoms with E-state index in [-0.39, 0.29) is 48.3 Å². The van der Waals surface area contributed by atoms with Crippen LogP contribution in [0.15, 0.2) is 76.2 Å². The molecule has 166 valence electrons. The first-order chi connectivity index (χ1) is 15.4. The largest absolute Gasteiger partial charge is 0.459 e. The van der Waals surface area contributed by atoms with Gasteiger partial charge in [0.15, 0.2) is 5.76 Å². The predicted molar refractivity (Wildman–Crippen MR) is 114 cm³/mol.